The fourth-order valence-electron chi connectivity index (χ4n) is 1.80. The number of nitrogens with one attached hydrogen (secondary N) is 1. The molecule has 2 heterocycles. The standard InChI is InChI=1S/C13H12N2OS/c1-9(12-7-4-8-16-12)14-13-10-5-2-3-6-11(10)15-17-13/h2-9,14H,1H3. The van der Waals surface area contributed by atoms with Gasteiger partial charge in [0, 0.05) is 5.39 Å². The van der Waals surface area contributed by atoms with Crippen molar-refractivity contribution in [3.8, 4) is 0 Å². The highest BCUT2D eigenvalue weighted by atomic mass is 32.1. The summed E-state index contributed by atoms with van der Waals surface area (Å²) in [6.45, 7) is 2.08. The van der Waals surface area contributed by atoms with Gasteiger partial charge < -0.3 is 9.73 Å². The van der Waals surface area contributed by atoms with Gasteiger partial charge in [0.1, 0.15) is 10.8 Å². The summed E-state index contributed by atoms with van der Waals surface area (Å²) >= 11 is 1.49. The number of anilines is 1. The highest BCUT2D eigenvalue weighted by molar-refractivity contribution is 7.11. The maximum Gasteiger partial charge on any atom is 0.125 e. The Morgan fingerprint density at radius 1 is 1.24 bits per heavy atom. The van der Waals surface area contributed by atoms with E-state index >= 15 is 0 Å². The molecule has 1 atom stereocenters. The molecule has 0 bridgehead atoms. The van der Waals surface area contributed by atoms with Crippen LogP contribution >= 0.6 is 11.5 Å². The Morgan fingerprint density at radius 3 is 2.94 bits per heavy atom. The molecule has 86 valence electrons. The van der Waals surface area contributed by atoms with E-state index in [0.717, 1.165) is 21.7 Å². The van der Waals surface area contributed by atoms with Gasteiger partial charge in [-0.3, -0.25) is 0 Å². The van der Waals surface area contributed by atoms with E-state index in [4.69, 9.17) is 4.42 Å². The van der Waals surface area contributed by atoms with Crippen LogP contribution in [0.15, 0.2) is 47.1 Å². The van der Waals surface area contributed by atoms with Crippen LogP contribution in [-0.2, 0) is 0 Å². The first-order valence-corrected chi connectivity index (χ1v) is 6.26. The Hall–Kier alpha value is -1.81. The molecular weight excluding hydrogens is 232 g/mol. The molecule has 3 nitrogen and oxygen atoms in total. The lowest BCUT2D eigenvalue weighted by Gasteiger charge is -2.10. The molecule has 0 saturated carbocycles. The zero-order valence-corrected chi connectivity index (χ0v) is 10.2. The number of nitrogens with zero attached hydrogens (tertiary/aromatic N) is 1. The molecule has 0 aliphatic carbocycles. The second kappa shape index (κ2) is 4.22. The third-order valence-electron chi connectivity index (χ3n) is 2.70. The number of hydrogen-bond acceptors (Lipinski definition) is 4. The monoisotopic (exact) mass is 244 g/mol. The van der Waals surface area contributed by atoms with Crippen LogP contribution in [0.1, 0.15) is 18.7 Å². The second-order valence-corrected chi connectivity index (χ2v) is 4.68. The lowest BCUT2D eigenvalue weighted by atomic mass is 10.2. The molecule has 0 fully saturated rings. The SMILES string of the molecule is CC(Nc1snc2ccccc12)c1ccco1. The average Bonchev–Trinajstić information content (AvgIpc) is 2.98. The molecule has 4 heteroatoms. The molecule has 0 aliphatic rings. The highest BCUT2D eigenvalue weighted by Gasteiger charge is 2.11. The smallest absolute Gasteiger partial charge is 0.125 e. The Morgan fingerprint density at radius 2 is 2.12 bits per heavy atom. The summed E-state index contributed by atoms with van der Waals surface area (Å²) in [5.41, 5.74) is 1.03. The Labute approximate surface area is 103 Å². The van der Waals surface area contributed by atoms with Crippen molar-refractivity contribution in [3.05, 3.63) is 48.4 Å². The second-order valence-electron chi connectivity index (χ2n) is 3.91. The van der Waals surface area contributed by atoms with Crippen LogP contribution < -0.4 is 5.32 Å². The van der Waals surface area contributed by atoms with Gasteiger partial charge in [-0.25, -0.2) is 0 Å². The van der Waals surface area contributed by atoms with E-state index in [1.165, 1.54) is 11.5 Å². The highest BCUT2D eigenvalue weighted by Crippen LogP contribution is 2.30. The molecule has 3 aromatic rings. The zero-order chi connectivity index (χ0) is 11.7. The van der Waals surface area contributed by atoms with Crippen LogP contribution in [0.5, 0.6) is 0 Å². The normalized spacial score (nSPS) is 12.8. The summed E-state index contributed by atoms with van der Waals surface area (Å²) in [5.74, 6) is 0.933. The molecule has 0 spiro atoms. The lowest BCUT2D eigenvalue weighted by Crippen LogP contribution is -2.04. The number of rotatable bonds is 3. The molecule has 0 amide bonds. The molecule has 1 N–H and O–H groups in total. The summed E-state index contributed by atoms with van der Waals surface area (Å²) < 4.78 is 9.78. The summed E-state index contributed by atoms with van der Waals surface area (Å²) in [6.07, 6.45) is 1.69. The van der Waals surface area contributed by atoms with E-state index in [0.29, 0.717) is 0 Å². The third kappa shape index (κ3) is 1.91. The molecule has 0 saturated heterocycles. The van der Waals surface area contributed by atoms with Crippen molar-refractivity contribution in [2.75, 3.05) is 5.32 Å². The van der Waals surface area contributed by atoms with Crippen molar-refractivity contribution in [1.29, 1.82) is 0 Å². The van der Waals surface area contributed by atoms with Gasteiger partial charge in [0.25, 0.3) is 0 Å². The van der Waals surface area contributed by atoms with Gasteiger partial charge >= 0.3 is 0 Å². The topological polar surface area (TPSA) is 38.1 Å². The van der Waals surface area contributed by atoms with Gasteiger partial charge in [0.15, 0.2) is 0 Å². The molecule has 0 aliphatic heterocycles. The summed E-state index contributed by atoms with van der Waals surface area (Å²) in [5, 5.41) is 5.68. The van der Waals surface area contributed by atoms with E-state index < -0.39 is 0 Å². The molecule has 17 heavy (non-hydrogen) atoms. The minimum absolute atomic E-state index is 0.147. The molecular formula is C13H12N2OS. The number of aromatic nitrogens is 1. The number of benzene rings is 1. The van der Waals surface area contributed by atoms with E-state index in [1.807, 2.05) is 30.3 Å². The fraction of sp³-hybridized carbons (Fsp3) is 0.154. The van der Waals surface area contributed by atoms with Crippen LogP contribution in [0.2, 0.25) is 0 Å². The Bertz CT molecular complexity index is 615. The van der Waals surface area contributed by atoms with Gasteiger partial charge in [-0.2, -0.15) is 4.37 Å². The molecule has 1 unspecified atom stereocenters. The van der Waals surface area contributed by atoms with Crippen molar-refractivity contribution in [2.45, 2.75) is 13.0 Å². The summed E-state index contributed by atoms with van der Waals surface area (Å²) in [6, 6.07) is 12.2. The molecule has 0 radical (unpaired) electrons. The lowest BCUT2D eigenvalue weighted by molar-refractivity contribution is 0.491. The predicted molar refractivity (Wildman–Crippen MR) is 70.4 cm³/mol. The van der Waals surface area contributed by atoms with Crippen molar-refractivity contribution in [3.63, 3.8) is 0 Å². The van der Waals surface area contributed by atoms with E-state index in [-0.39, 0.29) is 6.04 Å². The van der Waals surface area contributed by atoms with Crippen molar-refractivity contribution in [2.24, 2.45) is 0 Å². The van der Waals surface area contributed by atoms with Crippen LogP contribution in [0, 0.1) is 0 Å². The summed E-state index contributed by atoms with van der Waals surface area (Å²) in [4.78, 5) is 0. The van der Waals surface area contributed by atoms with Crippen molar-refractivity contribution in [1.82, 2.24) is 4.37 Å². The quantitative estimate of drug-likeness (QED) is 0.755. The first-order chi connectivity index (χ1) is 8.34. The van der Waals surface area contributed by atoms with Crippen molar-refractivity contribution < 1.29 is 4.42 Å². The largest absolute Gasteiger partial charge is 0.467 e. The number of hydrogen-bond donors (Lipinski definition) is 1. The molecule has 2 aromatic heterocycles. The average molecular weight is 244 g/mol. The summed E-state index contributed by atoms with van der Waals surface area (Å²) in [7, 11) is 0. The maximum atomic E-state index is 5.38. The first-order valence-electron chi connectivity index (χ1n) is 5.49. The van der Waals surface area contributed by atoms with Crippen LogP contribution in [-0.4, -0.2) is 4.37 Å². The Balaban J connectivity index is 1.90. The number of fused-ring (bicyclic) bond motifs is 1. The maximum absolute atomic E-state index is 5.38. The third-order valence-corrected chi connectivity index (χ3v) is 3.51. The van der Waals surface area contributed by atoms with Gasteiger partial charge in [-0.15, -0.1) is 0 Å². The minimum Gasteiger partial charge on any atom is -0.467 e. The van der Waals surface area contributed by atoms with Crippen molar-refractivity contribution >= 4 is 27.4 Å². The van der Waals surface area contributed by atoms with Gasteiger partial charge in [-0.05, 0) is 42.7 Å². The zero-order valence-electron chi connectivity index (χ0n) is 9.38. The fourth-order valence-corrected chi connectivity index (χ4v) is 2.65. The van der Waals surface area contributed by atoms with E-state index in [9.17, 15) is 0 Å². The van der Waals surface area contributed by atoms with Gasteiger partial charge in [0.05, 0.1) is 17.8 Å². The van der Waals surface area contributed by atoms with E-state index in [2.05, 4.69) is 22.7 Å². The van der Waals surface area contributed by atoms with Crippen LogP contribution in [0.3, 0.4) is 0 Å². The van der Waals surface area contributed by atoms with Crippen LogP contribution in [0.4, 0.5) is 5.00 Å². The minimum atomic E-state index is 0.147. The van der Waals surface area contributed by atoms with Gasteiger partial charge in [-0.1, -0.05) is 12.1 Å². The number of furan rings is 1. The van der Waals surface area contributed by atoms with Crippen LogP contribution in [0.25, 0.3) is 10.9 Å². The van der Waals surface area contributed by atoms with E-state index in [1.54, 1.807) is 6.26 Å². The first kappa shape index (κ1) is 10.4. The molecule has 3 rings (SSSR count). The van der Waals surface area contributed by atoms with Gasteiger partial charge in [0.2, 0.25) is 0 Å². The Kier molecular flexibility index (Phi) is 2.57. The predicted octanol–water partition coefficient (Wildman–Crippen LogP) is 4.06. The molecule has 1 aromatic carbocycles.